The van der Waals surface area contributed by atoms with Crippen LogP contribution in [0.1, 0.15) is 55.1 Å². The molecular formula is C14H16O. The van der Waals surface area contributed by atoms with Gasteiger partial charge in [-0.3, -0.25) is 4.79 Å². The molecule has 2 aliphatic carbocycles. The number of carbonyl (C=O) groups is 1. The van der Waals surface area contributed by atoms with Crippen molar-refractivity contribution in [1.29, 1.82) is 0 Å². The molecule has 0 heterocycles. The van der Waals surface area contributed by atoms with E-state index < -0.39 is 0 Å². The van der Waals surface area contributed by atoms with Crippen molar-refractivity contribution >= 4 is 5.78 Å². The van der Waals surface area contributed by atoms with Gasteiger partial charge in [0.05, 0.1) is 0 Å². The summed E-state index contributed by atoms with van der Waals surface area (Å²) in [6, 6.07) is 8.49. The monoisotopic (exact) mass is 200 g/mol. The molecule has 0 amide bonds. The molecule has 0 spiro atoms. The van der Waals surface area contributed by atoms with Gasteiger partial charge in [0.25, 0.3) is 0 Å². The Balaban J connectivity index is 1.97. The van der Waals surface area contributed by atoms with Gasteiger partial charge in [-0.1, -0.05) is 37.1 Å². The minimum atomic E-state index is 0.251. The third-order valence-corrected chi connectivity index (χ3v) is 3.92. The van der Waals surface area contributed by atoms with Gasteiger partial charge in [0.2, 0.25) is 0 Å². The zero-order valence-corrected chi connectivity index (χ0v) is 8.91. The molecule has 2 unspecified atom stereocenters. The zero-order chi connectivity index (χ0) is 10.3. The topological polar surface area (TPSA) is 17.1 Å². The summed E-state index contributed by atoms with van der Waals surface area (Å²) in [7, 11) is 0. The molecule has 15 heavy (non-hydrogen) atoms. The van der Waals surface area contributed by atoms with Crippen molar-refractivity contribution in [3.8, 4) is 0 Å². The molecule has 0 aromatic heterocycles. The normalized spacial score (nSPS) is 29.5. The van der Waals surface area contributed by atoms with Crippen LogP contribution in [0.2, 0.25) is 0 Å². The molecule has 1 saturated carbocycles. The van der Waals surface area contributed by atoms with Gasteiger partial charge in [-0.25, -0.2) is 0 Å². The van der Waals surface area contributed by atoms with Crippen molar-refractivity contribution in [1.82, 2.24) is 0 Å². The van der Waals surface area contributed by atoms with Gasteiger partial charge in [-0.05, 0) is 29.9 Å². The summed E-state index contributed by atoms with van der Waals surface area (Å²) in [5.41, 5.74) is 2.76. The second-order valence-electron chi connectivity index (χ2n) is 4.78. The highest BCUT2D eigenvalue weighted by Gasteiger charge is 2.41. The fraction of sp³-hybridized carbons (Fsp3) is 0.500. The van der Waals surface area contributed by atoms with Crippen LogP contribution in [0.3, 0.4) is 0 Å². The van der Waals surface area contributed by atoms with Crippen LogP contribution in [0, 0.1) is 0 Å². The van der Waals surface area contributed by atoms with E-state index in [1.165, 1.54) is 30.4 Å². The Kier molecular flexibility index (Phi) is 2.12. The number of Topliss-reactive ketones (excluding diaryl/α,β-unsaturated/α-hetero) is 1. The maximum absolute atomic E-state index is 12.0. The average molecular weight is 200 g/mol. The van der Waals surface area contributed by atoms with Gasteiger partial charge in [0.15, 0.2) is 0 Å². The lowest BCUT2D eigenvalue weighted by Crippen LogP contribution is -2.31. The largest absolute Gasteiger partial charge is 0.299 e. The number of ketones is 1. The Bertz CT molecular complexity index is 394. The van der Waals surface area contributed by atoms with Crippen LogP contribution in [0.25, 0.3) is 0 Å². The summed E-state index contributed by atoms with van der Waals surface area (Å²) in [4.78, 5) is 12.0. The number of carbonyl (C=O) groups excluding carboxylic acids is 1. The van der Waals surface area contributed by atoms with E-state index in [4.69, 9.17) is 0 Å². The van der Waals surface area contributed by atoms with Crippen LogP contribution >= 0.6 is 0 Å². The van der Waals surface area contributed by atoms with Crippen molar-refractivity contribution in [3.05, 3.63) is 35.4 Å². The minimum Gasteiger partial charge on any atom is -0.299 e. The molecule has 0 saturated heterocycles. The number of hydrogen-bond donors (Lipinski definition) is 0. The maximum atomic E-state index is 12.0. The van der Waals surface area contributed by atoms with E-state index >= 15 is 0 Å². The smallest absolute Gasteiger partial charge is 0.140 e. The molecule has 78 valence electrons. The van der Waals surface area contributed by atoms with E-state index in [-0.39, 0.29) is 5.92 Å². The first-order valence-electron chi connectivity index (χ1n) is 5.99. The predicted molar refractivity (Wildman–Crippen MR) is 60.0 cm³/mol. The van der Waals surface area contributed by atoms with Gasteiger partial charge in [-0.2, -0.15) is 0 Å². The van der Waals surface area contributed by atoms with Gasteiger partial charge < -0.3 is 0 Å². The lowest BCUT2D eigenvalue weighted by atomic mass is 9.63. The predicted octanol–water partition coefficient (Wildman–Crippen LogP) is 3.40. The summed E-state index contributed by atoms with van der Waals surface area (Å²) in [6.07, 6.45) is 5.65. The average Bonchev–Trinajstić information content (AvgIpc) is 2.21. The third-order valence-electron chi connectivity index (χ3n) is 3.92. The first kappa shape index (κ1) is 9.14. The highest BCUT2D eigenvalue weighted by atomic mass is 16.1. The molecule has 0 N–H and O–H groups in total. The van der Waals surface area contributed by atoms with E-state index in [1.54, 1.807) is 0 Å². The summed E-state index contributed by atoms with van der Waals surface area (Å²) >= 11 is 0. The number of rotatable bonds is 0. The van der Waals surface area contributed by atoms with Crippen LogP contribution in [-0.4, -0.2) is 5.78 Å². The van der Waals surface area contributed by atoms with Crippen LogP contribution < -0.4 is 0 Å². The lowest BCUT2D eigenvalue weighted by molar-refractivity contribution is -0.122. The number of hydrogen-bond acceptors (Lipinski definition) is 1. The maximum Gasteiger partial charge on any atom is 0.140 e. The van der Waals surface area contributed by atoms with Crippen molar-refractivity contribution in [2.45, 2.75) is 43.9 Å². The molecule has 1 fully saturated rings. The third kappa shape index (κ3) is 1.33. The Morgan fingerprint density at radius 3 is 2.67 bits per heavy atom. The molecule has 0 bridgehead atoms. The second kappa shape index (κ2) is 3.48. The summed E-state index contributed by atoms with van der Waals surface area (Å²) in [5, 5.41) is 0. The van der Waals surface area contributed by atoms with Gasteiger partial charge in [0.1, 0.15) is 5.78 Å². The fourth-order valence-corrected chi connectivity index (χ4v) is 3.15. The molecule has 0 aliphatic heterocycles. The van der Waals surface area contributed by atoms with Crippen molar-refractivity contribution in [2.75, 3.05) is 0 Å². The summed E-state index contributed by atoms with van der Waals surface area (Å²) in [6.45, 7) is 0. The Morgan fingerprint density at radius 2 is 1.80 bits per heavy atom. The molecule has 1 nitrogen and oxygen atoms in total. The molecule has 1 aromatic rings. The van der Waals surface area contributed by atoms with E-state index in [9.17, 15) is 4.79 Å². The van der Waals surface area contributed by atoms with Gasteiger partial charge in [0, 0.05) is 12.3 Å². The first-order chi connectivity index (χ1) is 7.38. The second-order valence-corrected chi connectivity index (χ2v) is 4.78. The number of benzene rings is 1. The molecular weight excluding hydrogens is 184 g/mol. The Labute approximate surface area is 90.5 Å². The summed E-state index contributed by atoms with van der Waals surface area (Å²) < 4.78 is 0. The quantitative estimate of drug-likeness (QED) is 0.627. The van der Waals surface area contributed by atoms with Crippen LogP contribution in [-0.2, 0) is 4.79 Å². The SMILES string of the molecule is O=C1CCCCCC2c3ccccc3C12. The van der Waals surface area contributed by atoms with E-state index in [1.807, 2.05) is 0 Å². The zero-order valence-electron chi connectivity index (χ0n) is 8.91. The molecule has 2 atom stereocenters. The van der Waals surface area contributed by atoms with E-state index in [0.29, 0.717) is 11.7 Å². The minimum absolute atomic E-state index is 0.251. The Morgan fingerprint density at radius 1 is 1.00 bits per heavy atom. The fourth-order valence-electron chi connectivity index (χ4n) is 3.15. The first-order valence-corrected chi connectivity index (χ1v) is 5.99. The standard InChI is InChI=1S/C14H16O/c15-13-9-3-1-2-7-11-10-6-4-5-8-12(10)14(11)13/h4-6,8,11,14H,1-3,7,9H2. The van der Waals surface area contributed by atoms with Gasteiger partial charge in [-0.15, -0.1) is 0 Å². The van der Waals surface area contributed by atoms with Crippen LogP contribution in [0.15, 0.2) is 24.3 Å². The van der Waals surface area contributed by atoms with E-state index in [2.05, 4.69) is 24.3 Å². The Hall–Kier alpha value is -1.11. The molecule has 3 rings (SSSR count). The molecule has 0 radical (unpaired) electrons. The van der Waals surface area contributed by atoms with E-state index in [0.717, 1.165) is 12.8 Å². The van der Waals surface area contributed by atoms with Gasteiger partial charge >= 0.3 is 0 Å². The van der Waals surface area contributed by atoms with Crippen molar-refractivity contribution in [2.24, 2.45) is 0 Å². The van der Waals surface area contributed by atoms with Crippen molar-refractivity contribution in [3.63, 3.8) is 0 Å². The van der Waals surface area contributed by atoms with Crippen LogP contribution in [0.5, 0.6) is 0 Å². The number of fused-ring (bicyclic) bond motifs is 4. The molecule has 2 aliphatic rings. The molecule has 1 aromatic carbocycles. The highest BCUT2D eigenvalue weighted by Crippen LogP contribution is 2.51. The summed E-state index contributed by atoms with van der Waals surface area (Å²) in [5.74, 6) is 1.29. The highest BCUT2D eigenvalue weighted by molar-refractivity contribution is 5.90. The molecule has 1 heteroatoms. The lowest BCUT2D eigenvalue weighted by Gasteiger charge is -2.40. The van der Waals surface area contributed by atoms with Crippen molar-refractivity contribution < 1.29 is 4.79 Å². The van der Waals surface area contributed by atoms with Crippen LogP contribution in [0.4, 0.5) is 0 Å².